The van der Waals surface area contributed by atoms with Crippen LogP contribution in [0, 0.1) is 0 Å². The molecule has 4 nitrogen and oxygen atoms in total. The third-order valence-electron chi connectivity index (χ3n) is 4.04. The predicted octanol–water partition coefficient (Wildman–Crippen LogP) is 3.17. The van der Waals surface area contributed by atoms with E-state index in [9.17, 15) is 9.59 Å². The molecule has 0 bridgehead atoms. The van der Waals surface area contributed by atoms with Crippen molar-refractivity contribution >= 4 is 34.7 Å². The van der Waals surface area contributed by atoms with Crippen LogP contribution in [0.4, 0.5) is 0 Å². The summed E-state index contributed by atoms with van der Waals surface area (Å²) in [7, 11) is 0. The lowest BCUT2D eigenvalue weighted by atomic mass is 10.2. The maximum atomic E-state index is 12.1. The number of carbonyl (C=O) groups is 2. The predicted molar refractivity (Wildman–Crippen MR) is 82.7 cm³/mol. The van der Waals surface area contributed by atoms with E-state index in [1.807, 2.05) is 6.07 Å². The van der Waals surface area contributed by atoms with Crippen LogP contribution in [0.3, 0.4) is 0 Å². The van der Waals surface area contributed by atoms with E-state index in [1.165, 1.54) is 12.8 Å². The summed E-state index contributed by atoms with van der Waals surface area (Å²) < 4.78 is 1.81. The van der Waals surface area contributed by atoms with Gasteiger partial charge in [-0.25, -0.2) is 0 Å². The standard InChI is InChI=1S/C16H17ClN2O2/c17-12-5-6-15-14(7-12)11(10-20)8-19(15)9-16(21)18-13-3-1-2-4-13/h5-8,10,13H,1-4,9H2,(H,18,21). The topological polar surface area (TPSA) is 51.1 Å². The lowest BCUT2D eigenvalue weighted by molar-refractivity contribution is -0.122. The first-order chi connectivity index (χ1) is 10.2. The first-order valence-corrected chi connectivity index (χ1v) is 7.58. The number of carbonyl (C=O) groups excluding carboxylic acids is 2. The highest BCUT2D eigenvalue weighted by Crippen LogP contribution is 2.24. The molecule has 1 N–H and O–H groups in total. The summed E-state index contributed by atoms with van der Waals surface area (Å²) in [4.78, 5) is 23.3. The molecular formula is C16H17ClN2O2. The van der Waals surface area contributed by atoms with Crippen LogP contribution >= 0.6 is 11.6 Å². The molecule has 1 heterocycles. The molecule has 3 rings (SSSR count). The molecule has 1 aliphatic rings. The summed E-state index contributed by atoms with van der Waals surface area (Å²) in [5.41, 5.74) is 1.41. The van der Waals surface area contributed by atoms with Gasteiger partial charge >= 0.3 is 0 Å². The van der Waals surface area contributed by atoms with Crippen molar-refractivity contribution in [3.05, 3.63) is 35.0 Å². The molecule has 21 heavy (non-hydrogen) atoms. The molecule has 1 saturated carbocycles. The summed E-state index contributed by atoms with van der Waals surface area (Å²) in [5, 5.41) is 4.42. The molecule has 110 valence electrons. The van der Waals surface area contributed by atoms with Gasteiger partial charge in [0.25, 0.3) is 0 Å². The number of amides is 1. The van der Waals surface area contributed by atoms with E-state index in [0.717, 1.165) is 30.0 Å². The largest absolute Gasteiger partial charge is 0.352 e. The molecule has 0 radical (unpaired) electrons. The van der Waals surface area contributed by atoms with E-state index in [2.05, 4.69) is 5.32 Å². The van der Waals surface area contributed by atoms with Crippen LogP contribution in [0.5, 0.6) is 0 Å². The van der Waals surface area contributed by atoms with E-state index in [4.69, 9.17) is 11.6 Å². The fraction of sp³-hybridized carbons (Fsp3) is 0.375. The van der Waals surface area contributed by atoms with E-state index < -0.39 is 0 Å². The van der Waals surface area contributed by atoms with Crippen molar-refractivity contribution in [1.82, 2.24) is 9.88 Å². The summed E-state index contributed by atoms with van der Waals surface area (Å²) in [6.45, 7) is 0.225. The molecule has 1 aromatic heterocycles. The zero-order valence-corrected chi connectivity index (χ0v) is 12.4. The maximum Gasteiger partial charge on any atom is 0.240 e. The van der Waals surface area contributed by atoms with Crippen molar-refractivity contribution in [2.24, 2.45) is 0 Å². The third-order valence-corrected chi connectivity index (χ3v) is 4.27. The Labute approximate surface area is 128 Å². The second-order valence-electron chi connectivity index (χ2n) is 5.54. The highest BCUT2D eigenvalue weighted by Gasteiger charge is 2.18. The van der Waals surface area contributed by atoms with Crippen molar-refractivity contribution in [2.75, 3.05) is 0 Å². The second kappa shape index (κ2) is 5.90. The number of aromatic nitrogens is 1. The van der Waals surface area contributed by atoms with Crippen molar-refractivity contribution < 1.29 is 9.59 Å². The number of hydrogen-bond acceptors (Lipinski definition) is 2. The van der Waals surface area contributed by atoms with Gasteiger partial charge in [0.15, 0.2) is 6.29 Å². The quantitative estimate of drug-likeness (QED) is 0.882. The summed E-state index contributed by atoms with van der Waals surface area (Å²) in [6, 6.07) is 5.67. The molecule has 0 unspecified atom stereocenters. The molecule has 1 aromatic carbocycles. The van der Waals surface area contributed by atoms with Gasteiger partial charge < -0.3 is 9.88 Å². The van der Waals surface area contributed by atoms with Crippen molar-refractivity contribution in [3.8, 4) is 0 Å². The van der Waals surface area contributed by atoms with Crippen LogP contribution in [-0.4, -0.2) is 22.8 Å². The minimum Gasteiger partial charge on any atom is -0.352 e. The lowest BCUT2D eigenvalue weighted by Crippen LogP contribution is -2.35. The average molecular weight is 305 g/mol. The molecule has 0 aliphatic heterocycles. The SMILES string of the molecule is O=Cc1cn(CC(=O)NC2CCCC2)c2ccc(Cl)cc12. The normalized spacial score (nSPS) is 15.5. The van der Waals surface area contributed by atoms with Crippen LogP contribution in [0.2, 0.25) is 5.02 Å². The van der Waals surface area contributed by atoms with Crippen molar-refractivity contribution in [1.29, 1.82) is 0 Å². The number of fused-ring (bicyclic) bond motifs is 1. The first kappa shape index (κ1) is 14.1. The number of halogens is 1. The molecule has 0 atom stereocenters. The number of rotatable bonds is 4. The van der Waals surface area contributed by atoms with Gasteiger partial charge in [0.05, 0.1) is 0 Å². The lowest BCUT2D eigenvalue weighted by Gasteiger charge is -2.12. The Hall–Kier alpha value is -1.81. The van der Waals surface area contributed by atoms with Crippen LogP contribution in [0.25, 0.3) is 10.9 Å². The average Bonchev–Trinajstić information content (AvgIpc) is 3.07. The smallest absolute Gasteiger partial charge is 0.240 e. The second-order valence-corrected chi connectivity index (χ2v) is 5.98. The van der Waals surface area contributed by atoms with E-state index in [0.29, 0.717) is 16.6 Å². The van der Waals surface area contributed by atoms with Crippen molar-refractivity contribution in [2.45, 2.75) is 38.3 Å². The monoisotopic (exact) mass is 304 g/mol. The first-order valence-electron chi connectivity index (χ1n) is 7.20. The molecule has 2 aromatic rings. The van der Waals surface area contributed by atoms with Gasteiger partial charge in [0, 0.05) is 33.7 Å². The van der Waals surface area contributed by atoms with Crippen LogP contribution < -0.4 is 5.32 Å². The van der Waals surface area contributed by atoms with Gasteiger partial charge in [0.1, 0.15) is 6.54 Å². The number of nitrogens with one attached hydrogen (secondary N) is 1. The highest BCUT2D eigenvalue weighted by atomic mass is 35.5. The maximum absolute atomic E-state index is 12.1. The van der Waals surface area contributed by atoms with Gasteiger partial charge in [-0.1, -0.05) is 24.4 Å². The number of benzene rings is 1. The fourth-order valence-corrected chi connectivity index (χ4v) is 3.19. The minimum atomic E-state index is -0.00815. The van der Waals surface area contributed by atoms with E-state index >= 15 is 0 Å². The van der Waals surface area contributed by atoms with Gasteiger partial charge in [-0.05, 0) is 31.0 Å². The molecule has 1 amide bonds. The number of aldehydes is 1. The van der Waals surface area contributed by atoms with Gasteiger partial charge in [-0.15, -0.1) is 0 Å². The highest BCUT2D eigenvalue weighted by molar-refractivity contribution is 6.31. The van der Waals surface area contributed by atoms with E-state index in [-0.39, 0.29) is 12.5 Å². The zero-order chi connectivity index (χ0) is 14.8. The van der Waals surface area contributed by atoms with Crippen molar-refractivity contribution in [3.63, 3.8) is 0 Å². The minimum absolute atomic E-state index is 0.00815. The molecule has 1 aliphatic carbocycles. The third kappa shape index (κ3) is 2.95. The van der Waals surface area contributed by atoms with Crippen LogP contribution in [-0.2, 0) is 11.3 Å². The number of hydrogen-bond donors (Lipinski definition) is 1. The summed E-state index contributed by atoms with van der Waals surface area (Å²) in [6.07, 6.45) is 7.00. The molecular weight excluding hydrogens is 288 g/mol. The van der Waals surface area contributed by atoms with E-state index in [1.54, 1.807) is 22.9 Å². The van der Waals surface area contributed by atoms with Gasteiger partial charge in [-0.3, -0.25) is 9.59 Å². The van der Waals surface area contributed by atoms with Crippen LogP contribution in [0.1, 0.15) is 36.0 Å². The van der Waals surface area contributed by atoms with Crippen LogP contribution in [0.15, 0.2) is 24.4 Å². The Morgan fingerprint density at radius 3 is 2.86 bits per heavy atom. The molecule has 5 heteroatoms. The Kier molecular flexibility index (Phi) is 3.97. The Balaban J connectivity index is 1.83. The molecule has 0 saturated heterocycles. The molecule has 0 spiro atoms. The zero-order valence-electron chi connectivity index (χ0n) is 11.6. The van der Waals surface area contributed by atoms with Gasteiger partial charge in [0.2, 0.25) is 5.91 Å². The number of nitrogens with zero attached hydrogens (tertiary/aromatic N) is 1. The summed E-state index contributed by atoms with van der Waals surface area (Å²) >= 11 is 5.97. The summed E-state index contributed by atoms with van der Waals surface area (Å²) in [5.74, 6) is -0.00815. The Morgan fingerprint density at radius 1 is 1.38 bits per heavy atom. The Bertz CT molecular complexity index is 687. The Morgan fingerprint density at radius 2 is 2.14 bits per heavy atom. The molecule has 1 fully saturated rings. The fourth-order valence-electron chi connectivity index (χ4n) is 3.02. The van der Waals surface area contributed by atoms with Gasteiger partial charge in [-0.2, -0.15) is 0 Å².